The summed E-state index contributed by atoms with van der Waals surface area (Å²) in [4.78, 5) is 4.84. The molecular weight excluding hydrogens is 820 g/mol. The Morgan fingerprint density at radius 1 is 0.942 bits per heavy atom. The van der Waals surface area contributed by atoms with Crippen LogP contribution in [0.2, 0.25) is 0 Å². The van der Waals surface area contributed by atoms with Gasteiger partial charge in [-0.2, -0.15) is 11.2 Å². The van der Waals surface area contributed by atoms with Gasteiger partial charge in [-0.1, -0.05) is 83.3 Å². The van der Waals surface area contributed by atoms with Crippen LogP contribution in [-0.2, 0) is 33.9 Å². The molecule has 52 heavy (non-hydrogen) atoms. The first-order valence-corrected chi connectivity index (χ1v) is 19.0. The van der Waals surface area contributed by atoms with E-state index in [1.807, 2.05) is 12.3 Å². The summed E-state index contributed by atoms with van der Waals surface area (Å²) in [7, 11) is 0. The number of hydrogen-bond acceptors (Lipinski definition) is 3. The molecule has 0 spiro atoms. The normalized spacial score (nSPS) is 16.2. The fraction of sp³-hybridized carbons (Fsp3) is 0.391. The van der Waals surface area contributed by atoms with Gasteiger partial charge in [-0.25, -0.2) is 4.98 Å². The quantitative estimate of drug-likeness (QED) is 0.0962. The number of pyridine rings is 1. The van der Waals surface area contributed by atoms with Crippen molar-refractivity contribution >= 4 is 21.8 Å². The molecule has 0 bridgehead atoms. The first-order chi connectivity index (χ1) is 24.6. The minimum Gasteiger partial charge on any atom is -0.509 e. The molecule has 0 radical (unpaired) electrons. The average Bonchev–Trinajstić information content (AvgIpc) is 3.60. The first-order valence-electron chi connectivity index (χ1n) is 19.0. The maximum absolute atomic E-state index is 6.72. The summed E-state index contributed by atoms with van der Waals surface area (Å²) in [6.45, 7) is 18.2. The second kappa shape index (κ2) is 16.0. The Hall–Kier alpha value is -3.95. The molecule has 0 saturated heterocycles. The van der Waals surface area contributed by atoms with E-state index in [1.54, 1.807) is 0 Å². The van der Waals surface area contributed by atoms with Crippen molar-refractivity contribution in [2.75, 3.05) is 0 Å². The van der Waals surface area contributed by atoms with Crippen molar-refractivity contribution in [3.8, 4) is 23.0 Å². The number of rotatable bonds is 11. The minimum absolute atomic E-state index is 0. The summed E-state index contributed by atoms with van der Waals surface area (Å²) in [6.07, 6.45) is 11.0. The maximum Gasteiger partial charge on any atom is 2.00 e. The van der Waals surface area contributed by atoms with E-state index < -0.39 is 0 Å². The topological polar surface area (TPSA) is 44.9 Å². The van der Waals surface area contributed by atoms with Crippen LogP contribution in [0.1, 0.15) is 114 Å². The molecule has 3 aromatic carbocycles. The van der Waals surface area contributed by atoms with Gasteiger partial charge in [0.05, 0.1) is 5.69 Å². The Bertz CT molecular complexity index is 2220. The number of unbranched alkanes of at least 4 members (excludes halogenated alkanes) is 1. The molecule has 0 fully saturated rings. The van der Waals surface area contributed by atoms with E-state index >= 15 is 0 Å². The zero-order valence-corrected chi connectivity index (χ0v) is 34.3. The Morgan fingerprint density at radius 3 is 2.50 bits per heavy atom. The number of aryl methyl sites for hydroxylation is 2. The molecule has 1 aliphatic carbocycles. The van der Waals surface area contributed by atoms with E-state index in [0.717, 1.165) is 65.7 Å². The number of ether oxygens (including phenoxy) is 1. The molecule has 1 unspecified atom stereocenters. The van der Waals surface area contributed by atoms with E-state index in [4.69, 9.17) is 14.8 Å². The molecule has 0 aliphatic heterocycles. The summed E-state index contributed by atoms with van der Waals surface area (Å²) in [5, 5.41) is 7.54. The summed E-state index contributed by atoms with van der Waals surface area (Å²) in [5.74, 6) is 3.97. The molecule has 3 heterocycles. The largest absolute Gasteiger partial charge is 2.00 e. The molecule has 7 rings (SSSR count). The van der Waals surface area contributed by atoms with E-state index in [2.05, 4.69) is 137 Å². The predicted molar refractivity (Wildman–Crippen MR) is 211 cm³/mol. The van der Waals surface area contributed by atoms with Gasteiger partial charge in [-0.15, -0.1) is 41.3 Å². The fourth-order valence-electron chi connectivity index (χ4n) is 8.06. The van der Waals surface area contributed by atoms with E-state index in [1.165, 1.54) is 39.8 Å². The van der Waals surface area contributed by atoms with E-state index in [0.29, 0.717) is 35.2 Å². The fourth-order valence-corrected chi connectivity index (χ4v) is 8.06. The Balaban J connectivity index is 0.00000464. The molecule has 0 saturated carbocycles. The monoisotopic (exact) mass is 871 g/mol. The predicted octanol–water partition coefficient (Wildman–Crippen LogP) is 12.2. The van der Waals surface area contributed by atoms with Gasteiger partial charge in [-0.3, -0.25) is 4.68 Å². The SMILES string of the molecule is CCCCc1ccnc(-n2c3[c-]c(Oc4[c-]c(-n5nc(C)c(C6C(C)=CCC[C@@H]6C)c5CC(C)C)cc(C(C)C)c4)ccc3c3ccccc32)c1.[Pt+2]. The number of aromatic nitrogens is 4. The second-order valence-electron chi connectivity index (χ2n) is 15.4. The van der Waals surface area contributed by atoms with Crippen molar-refractivity contribution in [3.05, 3.63) is 119 Å². The van der Waals surface area contributed by atoms with Crippen LogP contribution < -0.4 is 4.74 Å². The molecule has 1 aliphatic rings. The van der Waals surface area contributed by atoms with Crippen molar-refractivity contribution in [2.24, 2.45) is 11.8 Å². The zero-order chi connectivity index (χ0) is 35.8. The summed E-state index contributed by atoms with van der Waals surface area (Å²) >= 11 is 0. The molecule has 6 aromatic rings. The van der Waals surface area contributed by atoms with Gasteiger partial charge in [0.15, 0.2) is 0 Å². The van der Waals surface area contributed by atoms with Gasteiger partial charge in [-0.05, 0) is 98.5 Å². The Labute approximate surface area is 324 Å². The number of hydrogen-bond donors (Lipinski definition) is 0. The third kappa shape index (κ3) is 7.44. The number of fused-ring (bicyclic) bond motifs is 3. The molecule has 5 nitrogen and oxygen atoms in total. The Morgan fingerprint density at radius 2 is 1.75 bits per heavy atom. The molecule has 2 atom stereocenters. The van der Waals surface area contributed by atoms with Crippen LogP contribution >= 0.6 is 0 Å². The number of nitrogens with zero attached hydrogens (tertiary/aromatic N) is 4. The van der Waals surface area contributed by atoms with Crippen molar-refractivity contribution in [1.29, 1.82) is 0 Å². The molecular formula is C46H52N4OPt. The third-order valence-electron chi connectivity index (χ3n) is 10.6. The van der Waals surface area contributed by atoms with Gasteiger partial charge in [0, 0.05) is 40.4 Å². The van der Waals surface area contributed by atoms with Crippen LogP contribution in [0.3, 0.4) is 0 Å². The summed E-state index contributed by atoms with van der Waals surface area (Å²) in [6, 6.07) is 28.7. The zero-order valence-electron chi connectivity index (χ0n) is 32.0. The van der Waals surface area contributed by atoms with Crippen LogP contribution in [0.4, 0.5) is 0 Å². The number of allylic oxidation sites excluding steroid dienone is 2. The average molecular weight is 872 g/mol. The van der Waals surface area contributed by atoms with E-state index in [9.17, 15) is 0 Å². The molecule has 6 heteroatoms. The van der Waals surface area contributed by atoms with Crippen molar-refractivity contribution in [1.82, 2.24) is 19.3 Å². The maximum atomic E-state index is 6.72. The van der Waals surface area contributed by atoms with Crippen molar-refractivity contribution in [3.63, 3.8) is 0 Å². The van der Waals surface area contributed by atoms with Gasteiger partial charge >= 0.3 is 21.1 Å². The van der Waals surface area contributed by atoms with Crippen LogP contribution in [0.25, 0.3) is 33.3 Å². The standard InChI is InChI=1S/C46H52N4O.Pt/c1-9-10-16-34-21-22-47-44(24-34)49-41-18-12-11-17-39(41)40-20-19-37(28-42(40)49)51-38-26-35(30(4)5)25-36(27-38)50-43(23-29(2)3)46(33(8)48-50)45-31(6)14-13-15-32(45)7;/h11-12,14,17-22,24-26,29-30,32,45H,9-10,13,15-16,23H2,1-8H3;/q-2;+2/t32-,45?;/m0./s1. The minimum atomic E-state index is 0. The summed E-state index contributed by atoms with van der Waals surface area (Å²) < 4.78 is 11.1. The van der Waals surface area contributed by atoms with Crippen molar-refractivity contribution < 1.29 is 25.8 Å². The van der Waals surface area contributed by atoms with Gasteiger partial charge < -0.3 is 9.30 Å². The number of para-hydroxylation sites is 1. The second-order valence-corrected chi connectivity index (χ2v) is 15.4. The van der Waals surface area contributed by atoms with Crippen LogP contribution in [-0.4, -0.2) is 19.3 Å². The summed E-state index contributed by atoms with van der Waals surface area (Å²) in [5.41, 5.74) is 10.7. The first kappa shape index (κ1) is 37.8. The third-order valence-corrected chi connectivity index (χ3v) is 10.6. The molecule has 3 aromatic heterocycles. The van der Waals surface area contributed by atoms with E-state index in [-0.39, 0.29) is 21.1 Å². The number of benzene rings is 3. The smallest absolute Gasteiger partial charge is 0.509 e. The molecule has 0 amide bonds. The van der Waals surface area contributed by atoms with Crippen molar-refractivity contribution in [2.45, 2.75) is 106 Å². The van der Waals surface area contributed by atoms with Gasteiger partial charge in [0.2, 0.25) is 0 Å². The molecule has 0 N–H and O–H groups in total. The van der Waals surface area contributed by atoms with Gasteiger partial charge in [0.1, 0.15) is 5.82 Å². The van der Waals surface area contributed by atoms with Crippen LogP contribution in [0, 0.1) is 30.9 Å². The molecule has 272 valence electrons. The van der Waals surface area contributed by atoms with Crippen LogP contribution in [0.15, 0.2) is 78.5 Å². The van der Waals surface area contributed by atoms with Gasteiger partial charge in [0.25, 0.3) is 0 Å². The Kier molecular flexibility index (Phi) is 11.6. The van der Waals surface area contributed by atoms with Crippen LogP contribution in [0.5, 0.6) is 11.5 Å².